The first-order chi connectivity index (χ1) is 9.52. The molecule has 1 heterocycles. The molecule has 0 aromatic heterocycles. The van der Waals surface area contributed by atoms with Gasteiger partial charge in [0.2, 0.25) is 5.91 Å². The molecule has 110 valence electrons. The average Bonchev–Trinajstić information content (AvgIpc) is 2.46. The van der Waals surface area contributed by atoms with E-state index in [0.29, 0.717) is 5.02 Å². The van der Waals surface area contributed by atoms with Crippen LogP contribution in [0.3, 0.4) is 0 Å². The number of carbonyl (C=O) groups is 1. The van der Waals surface area contributed by atoms with Crippen LogP contribution in [0.5, 0.6) is 0 Å². The summed E-state index contributed by atoms with van der Waals surface area (Å²) in [6, 6.07) is 5.44. The van der Waals surface area contributed by atoms with E-state index >= 15 is 0 Å². The second-order valence-corrected chi connectivity index (χ2v) is 6.86. The second-order valence-electron chi connectivity index (χ2n) is 5.29. The molecule has 1 aliphatic rings. The summed E-state index contributed by atoms with van der Waals surface area (Å²) in [6.45, 7) is 4.05. The van der Waals surface area contributed by atoms with Crippen molar-refractivity contribution in [3.8, 4) is 0 Å². The zero-order chi connectivity index (χ0) is 14.7. The van der Waals surface area contributed by atoms with Gasteiger partial charge in [0.05, 0.1) is 12.1 Å². The fourth-order valence-electron chi connectivity index (χ4n) is 2.30. The Balaban J connectivity index is 2.12. The van der Waals surface area contributed by atoms with E-state index in [9.17, 15) is 4.79 Å². The van der Waals surface area contributed by atoms with Gasteiger partial charge in [-0.15, -0.1) is 11.8 Å². The average molecular weight is 313 g/mol. The molecule has 1 aromatic carbocycles. The van der Waals surface area contributed by atoms with Gasteiger partial charge in [-0.1, -0.05) is 31.9 Å². The number of thioether (sulfide) groups is 1. The zero-order valence-electron chi connectivity index (χ0n) is 11.9. The predicted octanol–water partition coefficient (Wildman–Crippen LogP) is 3.37. The van der Waals surface area contributed by atoms with Crippen molar-refractivity contribution in [1.82, 2.24) is 5.32 Å². The number of rotatable bonds is 4. The normalized spacial score (nSPS) is 20.9. The smallest absolute Gasteiger partial charge is 0.237 e. The molecular weight excluding hydrogens is 292 g/mol. The number of hydrogen-bond acceptors (Lipinski definition) is 3. The monoisotopic (exact) mass is 312 g/mol. The van der Waals surface area contributed by atoms with Crippen LogP contribution in [-0.2, 0) is 4.79 Å². The minimum absolute atomic E-state index is 0.0209. The molecule has 0 saturated heterocycles. The number of hydrogen-bond donors (Lipinski definition) is 2. The molecule has 2 rings (SSSR count). The fourth-order valence-corrected chi connectivity index (χ4v) is 3.58. The predicted molar refractivity (Wildman–Crippen MR) is 85.1 cm³/mol. The number of halogens is 1. The van der Waals surface area contributed by atoms with E-state index in [4.69, 9.17) is 17.3 Å². The molecule has 3 N–H and O–H groups in total. The molecule has 0 spiro atoms. The minimum atomic E-state index is -0.447. The number of fused-ring (bicyclic) bond motifs is 1. The third-order valence-corrected chi connectivity index (χ3v) is 5.25. The molecule has 20 heavy (non-hydrogen) atoms. The van der Waals surface area contributed by atoms with Crippen LogP contribution < -0.4 is 11.1 Å². The summed E-state index contributed by atoms with van der Waals surface area (Å²) in [6.07, 6.45) is 1.81. The van der Waals surface area contributed by atoms with E-state index in [1.54, 1.807) is 11.8 Å². The van der Waals surface area contributed by atoms with Crippen molar-refractivity contribution >= 4 is 29.3 Å². The maximum atomic E-state index is 12.2. The zero-order valence-corrected chi connectivity index (χ0v) is 13.4. The maximum Gasteiger partial charge on any atom is 0.237 e. The molecular formula is C15H21ClN2OS. The van der Waals surface area contributed by atoms with Crippen LogP contribution in [0.2, 0.25) is 5.02 Å². The Morgan fingerprint density at radius 3 is 3.05 bits per heavy atom. The third-order valence-electron chi connectivity index (χ3n) is 3.89. The highest BCUT2D eigenvalue weighted by Gasteiger charge is 2.26. The van der Waals surface area contributed by atoms with Gasteiger partial charge >= 0.3 is 0 Å². The third kappa shape index (κ3) is 3.48. The summed E-state index contributed by atoms with van der Waals surface area (Å²) >= 11 is 7.87. The van der Waals surface area contributed by atoms with Gasteiger partial charge in [0.25, 0.3) is 0 Å². The van der Waals surface area contributed by atoms with Gasteiger partial charge in [0, 0.05) is 15.7 Å². The molecule has 3 nitrogen and oxygen atoms in total. The summed E-state index contributed by atoms with van der Waals surface area (Å²) in [5, 5.41) is 3.79. The van der Waals surface area contributed by atoms with Crippen LogP contribution >= 0.6 is 23.4 Å². The van der Waals surface area contributed by atoms with E-state index < -0.39 is 6.04 Å². The Morgan fingerprint density at radius 1 is 1.60 bits per heavy atom. The summed E-state index contributed by atoms with van der Waals surface area (Å²) in [7, 11) is 0. The number of nitrogens with one attached hydrogen (secondary N) is 1. The Labute approximate surface area is 129 Å². The van der Waals surface area contributed by atoms with E-state index in [0.717, 1.165) is 24.2 Å². The van der Waals surface area contributed by atoms with Crippen molar-refractivity contribution in [2.24, 2.45) is 11.7 Å². The second kappa shape index (κ2) is 6.83. The van der Waals surface area contributed by atoms with Crippen molar-refractivity contribution in [3.63, 3.8) is 0 Å². The van der Waals surface area contributed by atoms with Crippen molar-refractivity contribution < 1.29 is 4.79 Å². The maximum absolute atomic E-state index is 12.2. The molecule has 0 fully saturated rings. The molecule has 0 radical (unpaired) electrons. The van der Waals surface area contributed by atoms with Crippen LogP contribution in [0.1, 0.15) is 38.3 Å². The van der Waals surface area contributed by atoms with Crippen LogP contribution in [-0.4, -0.2) is 17.7 Å². The van der Waals surface area contributed by atoms with Gasteiger partial charge in [-0.2, -0.15) is 0 Å². The first-order valence-electron chi connectivity index (χ1n) is 7.01. The lowest BCUT2D eigenvalue weighted by Crippen LogP contribution is -2.46. The molecule has 3 unspecified atom stereocenters. The standard InChI is InChI=1S/C15H21ClN2OS/c1-3-9(2)14(17)15(19)18-12-6-7-20-13-5-4-10(16)8-11(12)13/h4-5,8-9,12,14H,3,6-7,17H2,1-2H3,(H,18,19). The van der Waals surface area contributed by atoms with Crippen molar-refractivity contribution in [2.45, 2.75) is 43.7 Å². The minimum Gasteiger partial charge on any atom is -0.348 e. The number of nitrogens with two attached hydrogens (primary N) is 1. The van der Waals surface area contributed by atoms with E-state index in [-0.39, 0.29) is 17.9 Å². The lowest BCUT2D eigenvalue weighted by molar-refractivity contribution is -0.124. The first-order valence-corrected chi connectivity index (χ1v) is 8.37. The van der Waals surface area contributed by atoms with Gasteiger partial charge in [-0.05, 0) is 36.1 Å². The molecule has 1 aromatic rings. The number of benzene rings is 1. The Kier molecular flexibility index (Phi) is 5.35. The largest absolute Gasteiger partial charge is 0.348 e. The lowest BCUT2D eigenvalue weighted by Gasteiger charge is -2.28. The molecule has 1 aliphatic heterocycles. The molecule has 1 amide bonds. The fraction of sp³-hybridized carbons (Fsp3) is 0.533. The Bertz CT molecular complexity index is 495. The summed E-state index contributed by atoms with van der Waals surface area (Å²) in [5.74, 6) is 1.12. The Hall–Kier alpha value is -0.710. The number of carbonyl (C=O) groups excluding carboxylic acids is 1. The van der Waals surface area contributed by atoms with Crippen LogP contribution in [0.25, 0.3) is 0 Å². The van der Waals surface area contributed by atoms with E-state index in [2.05, 4.69) is 5.32 Å². The van der Waals surface area contributed by atoms with Crippen LogP contribution in [0.15, 0.2) is 23.1 Å². The highest BCUT2D eigenvalue weighted by molar-refractivity contribution is 7.99. The summed E-state index contributed by atoms with van der Waals surface area (Å²) in [4.78, 5) is 13.4. The van der Waals surface area contributed by atoms with Gasteiger partial charge in [0.1, 0.15) is 0 Å². The van der Waals surface area contributed by atoms with Crippen molar-refractivity contribution in [3.05, 3.63) is 28.8 Å². The molecule has 0 saturated carbocycles. The van der Waals surface area contributed by atoms with Crippen LogP contribution in [0, 0.1) is 5.92 Å². The highest BCUT2D eigenvalue weighted by atomic mass is 35.5. The van der Waals surface area contributed by atoms with E-state index in [1.807, 2.05) is 32.0 Å². The van der Waals surface area contributed by atoms with Crippen molar-refractivity contribution in [2.75, 3.05) is 5.75 Å². The first kappa shape index (κ1) is 15.7. The van der Waals surface area contributed by atoms with E-state index in [1.165, 1.54) is 4.90 Å². The van der Waals surface area contributed by atoms with Crippen molar-refractivity contribution in [1.29, 1.82) is 0 Å². The molecule has 0 aliphatic carbocycles. The highest BCUT2D eigenvalue weighted by Crippen LogP contribution is 2.37. The van der Waals surface area contributed by atoms with Crippen LogP contribution in [0.4, 0.5) is 0 Å². The summed E-state index contributed by atoms with van der Waals surface area (Å²) in [5.41, 5.74) is 7.10. The molecule has 5 heteroatoms. The van der Waals surface area contributed by atoms with Gasteiger partial charge in [-0.3, -0.25) is 4.79 Å². The van der Waals surface area contributed by atoms with Gasteiger partial charge in [-0.25, -0.2) is 0 Å². The lowest BCUT2D eigenvalue weighted by atomic mass is 9.97. The Morgan fingerprint density at radius 2 is 2.35 bits per heavy atom. The molecule has 0 bridgehead atoms. The van der Waals surface area contributed by atoms with Gasteiger partial charge in [0.15, 0.2) is 0 Å². The quantitative estimate of drug-likeness (QED) is 0.896. The SMILES string of the molecule is CCC(C)C(N)C(=O)NC1CCSc2ccc(Cl)cc21. The summed E-state index contributed by atoms with van der Waals surface area (Å²) < 4.78 is 0. The number of amides is 1. The topological polar surface area (TPSA) is 55.1 Å². The van der Waals surface area contributed by atoms with Gasteiger partial charge < -0.3 is 11.1 Å². The molecule has 3 atom stereocenters.